The lowest BCUT2D eigenvalue weighted by Crippen LogP contribution is -2.53. The number of likely N-dealkylation sites (tertiary alicyclic amines) is 1. The van der Waals surface area contributed by atoms with Gasteiger partial charge in [-0.15, -0.1) is 0 Å². The highest BCUT2D eigenvalue weighted by Gasteiger charge is 2.38. The Hall–Kier alpha value is -4.08. The fourth-order valence-corrected chi connectivity index (χ4v) is 7.45. The van der Waals surface area contributed by atoms with Gasteiger partial charge in [0.25, 0.3) is 0 Å². The molecule has 2 aliphatic heterocycles. The van der Waals surface area contributed by atoms with Crippen LogP contribution >= 0.6 is 0 Å². The summed E-state index contributed by atoms with van der Waals surface area (Å²) in [6.07, 6.45) is 4.21. The normalized spacial score (nSPS) is 17.8. The number of benzene rings is 2. The number of amides is 1. The molecular weight excluding hydrogens is 544 g/mol. The molecule has 0 bridgehead atoms. The van der Waals surface area contributed by atoms with Crippen LogP contribution in [0.15, 0.2) is 59.9 Å². The van der Waals surface area contributed by atoms with Gasteiger partial charge >= 0.3 is 6.09 Å². The fraction of sp³-hybridized carbons (Fsp3) is 0.414. The third-order valence-corrected chi connectivity index (χ3v) is 10.0. The highest BCUT2D eigenvalue weighted by molar-refractivity contribution is 7.89. The number of piperidine rings is 1. The summed E-state index contributed by atoms with van der Waals surface area (Å²) in [5.74, 6) is 0.575. The largest absolute Gasteiger partial charge is 0.497 e. The number of hydrogen-bond donors (Lipinski definition) is 1. The van der Waals surface area contributed by atoms with E-state index < -0.39 is 22.2 Å². The minimum Gasteiger partial charge on any atom is -0.497 e. The lowest BCUT2D eigenvalue weighted by molar-refractivity contribution is 0.118. The summed E-state index contributed by atoms with van der Waals surface area (Å²) >= 11 is 0. The Morgan fingerprint density at radius 3 is 2.54 bits per heavy atom. The summed E-state index contributed by atoms with van der Waals surface area (Å²) in [6, 6.07) is 13.8. The van der Waals surface area contributed by atoms with Crippen molar-refractivity contribution in [2.24, 2.45) is 13.0 Å². The summed E-state index contributed by atoms with van der Waals surface area (Å²) < 4.78 is 37.4. The molecule has 1 N–H and O–H groups in total. The van der Waals surface area contributed by atoms with E-state index in [1.54, 1.807) is 47.2 Å². The number of aromatic nitrogens is 2. The van der Waals surface area contributed by atoms with Crippen molar-refractivity contribution in [3.05, 3.63) is 71.8 Å². The van der Waals surface area contributed by atoms with E-state index in [2.05, 4.69) is 16.0 Å². The van der Waals surface area contributed by atoms with Gasteiger partial charge in [-0.25, -0.2) is 18.2 Å². The number of fused-ring (bicyclic) bond motifs is 1. The van der Waals surface area contributed by atoms with Crippen LogP contribution in [-0.4, -0.2) is 77.7 Å². The Kier molecular flexibility index (Phi) is 8.19. The third-order valence-electron chi connectivity index (χ3n) is 8.10. The van der Waals surface area contributed by atoms with E-state index >= 15 is 0 Å². The molecule has 2 aromatic carbocycles. The Morgan fingerprint density at radius 1 is 1.20 bits per heavy atom. The molecule has 0 saturated carbocycles. The molecule has 0 spiro atoms. The number of methoxy groups -OCH3 is 1. The first-order chi connectivity index (χ1) is 19.7. The Balaban J connectivity index is 1.51. The van der Waals surface area contributed by atoms with Crippen LogP contribution in [0.5, 0.6) is 5.75 Å². The van der Waals surface area contributed by atoms with Gasteiger partial charge in [0.05, 0.1) is 42.2 Å². The zero-order valence-electron chi connectivity index (χ0n) is 23.2. The molecular formula is C29H34N6O5S. The van der Waals surface area contributed by atoms with Crippen LogP contribution in [0.1, 0.15) is 29.7 Å². The molecule has 1 saturated heterocycles. The van der Waals surface area contributed by atoms with E-state index in [0.717, 1.165) is 16.9 Å². The van der Waals surface area contributed by atoms with Crippen molar-refractivity contribution in [3.63, 3.8) is 0 Å². The SMILES string of the molecule is COc1ccc(S(=O)(=O)N(CC2CCN(C(=O)O)CC2)C2Cc3cc(C#N)ccc3N(Cc3cncn3C)C2)cc1. The van der Waals surface area contributed by atoms with Crippen molar-refractivity contribution in [1.82, 2.24) is 18.8 Å². The van der Waals surface area contributed by atoms with Gasteiger partial charge in [0, 0.05) is 51.2 Å². The Labute approximate surface area is 240 Å². The minimum absolute atomic E-state index is 0.0102. The maximum Gasteiger partial charge on any atom is 0.407 e. The molecule has 0 aliphatic carbocycles. The van der Waals surface area contributed by atoms with Gasteiger partial charge in [-0.1, -0.05) is 0 Å². The molecule has 1 atom stereocenters. The van der Waals surface area contributed by atoms with Gasteiger partial charge in [-0.05, 0) is 73.2 Å². The van der Waals surface area contributed by atoms with Crippen LogP contribution in [0, 0.1) is 17.2 Å². The minimum atomic E-state index is -3.93. The molecule has 1 unspecified atom stereocenters. The number of sulfonamides is 1. The molecule has 1 amide bonds. The molecule has 0 radical (unpaired) electrons. The molecule has 11 nitrogen and oxygen atoms in total. The van der Waals surface area contributed by atoms with E-state index in [1.165, 1.54) is 12.0 Å². The number of carboxylic acid groups (broad SMARTS) is 1. The zero-order chi connectivity index (χ0) is 29.1. The van der Waals surface area contributed by atoms with Crippen molar-refractivity contribution in [3.8, 4) is 11.8 Å². The van der Waals surface area contributed by atoms with Crippen molar-refractivity contribution in [1.29, 1.82) is 5.26 Å². The summed E-state index contributed by atoms with van der Waals surface area (Å²) in [5.41, 5.74) is 3.39. The number of ether oxygens (including phenoxy) is 1. The molecule has 2 aliphatic rings. The lowest BCUT2D eigenvalue weighted by atomic mass is 9.93. The topological polar surface area (TPSA) is 132 Å². The van der Waals surface area contributed by atoms with Crippen molar-refractivity contribution in [2.45, 2.75) is 36.7 Å². The van der Waals surface area contributed by atoms with Crippen molar-refractivity contribution >= 4 is 21.8 Å². The number of carbonyl (C=O) groups is 1. The van der Waals surface area contributed by atoms with E-state index in [0.29, 0.717) is 56.8 Å². The highest BCUT2D eigenvalue weighted by atomic mass is 32.2. The third kappa shape index (κ3) is 6.01. The summed E-state index contributed by atoms with van der Waals surface area (Å²) in [7, 11) is -0.471. The molecule has 3 heterocycles. The van der Waals surface area contributed by atoms with Crippen LogP contribution in [0.4, 0.5) is 10.5 Å². The predicted molar refractivity (Wildman–Crippen MR) is 152 cm³/mol. The number of aryl methyl sites for hydroxylation is 1. The highest BCUT2D eigenvalue weighted by Crippen LogP contribution is 2.34. The zero-order valence-corrected chi connectivity index (χ0v) is 24.0. The number of nitrogens with zero attached hydrogens (tertiary/aromatic N) is 6. The standard InChI is InChI=1S/C29H34N6O5S/c1-32-20-31-16-25(32)19-34-18-24(14-23-13-22(15-30)3-8-28(23)34)35(17-21-9-11-33(12-10-21)29(36)37)41(38,39)27-6-4-26(40-2)5-7-27/h3-8,13,16,20-21,24H,9-12,14,17-19H2,1-2H3,(H,36,37). The van der Waals surface area contributed by atoms with Crippen LogP contribution in [-0.2, 0) is 30.0 Å². The maximum atomic E-state index is 14.3. The maximum absolute atomic E-state index is 14.3. The summed E-state index contributed by atoms with van der Waals surface area (Å²) in [4.78, 5) is 19.4. The molecule has 1 aromatic heterocycles. The van der Waals surface area contributed by atoms with Gasteiger partial charge in [0.2, 0.25) is 10.0 Å². The van der Waals surface area contributed by atoms with E-state index in [1.807, 2.05) is 23.7 Å². The summed E-state index contributed by atoms with van der Waals surface area (Å²) in [6.45, 7) is 2.01. The number of nitriles is 1. The number of imidazole rings is 1. The number of rotatable bonds is 8. The van der Waals surface area contributed by atoms with E-state index in [9.17, 15) is 23.6 Å². The van der Waals surface area contributed by atoms with Gasteiger partial charge in [-0.2, -0.15) is 9.57 Å². The number of hydrogen-bond acceptors (Lipinski definition) is 7. The van der Waals surface area contributed by atoms with Crippen LogP contribution < -0.4 is 9.64 Å². The molecule has 12 heteroatoms. The van der Waals surface area contributed by atoms with Gasteiger partial charge in [0.1, 0.15) is 5.75 Å². The monoisotopic (exact) mass is 578 g/mol. The van der Waals surface area contributed by atoms with Gasteiger partial charge in [-0.3, -0.25) is 0 Å². The fourth-order valence-electron chi connectivity index (χ4n) is 5.76. The van der Waals surface area contributed by atoms with Crippen LogP contribution in [0.2, 0.25) is 0 Å². The molecule has 3 aromatic rings. The molecule has 41 heavy (non-hydrogen) atoms. The van der Waals surface area contributed by atoms with Crippen LogP contribution in [0.25, 0.3) is 0 Å². The van der Waals surface area contributed by atoms with E-state index in [4.69, 9.17) is 4.74 Å². The molecule has 5 rings (SSSR count). The van der Waals surface area contributed by atoms with Gasteiger partial charge < -0.3 is 24.2 Å². The second-order valence-electron chi connectivity index (χ2n) is 10.7. The lowest BCUT2D eigenvalue weighted by Gasteiger charge is -2.42. The average molecular weight is 579 g/mol. The van der Waals surface area contributed by atoms with Crippen molar-refractivity contribution in [2.75, 3.05) is 38.2 Å². The summed E-state index contributed by atoms with van der Waals surface area (Å²) in [5, 5.41) is 19.0. The number of anilines is 1. The molecule has 216 valence electrons. The second kappa shape index (κ2) is 11.8. The Bertz CT molecular complexity index is 1540. The van der Waals surface area contributed by atoms with E-state index in [-0.39, 0.29) is 17.4 Å². The first-order valence-electron chi connectivity index (χ1n) is 13.6. The second-order valence-corrected chi connectivity index (χ2v) is 12.5. The first-order valence-corrected chi connectivity index (χ1v) is 15.0. The average Bonchev–Trinajstić information content (AvgIpc) is 3.39. The van der Waals surface area contributed by atoms with Crippen molar-refractivity contribution < 1.29 is 23.1 Å². The quantitative estimate of drug-likeness (QED) is 0.431. The molecule has 1 fully saturated rings. The van der Waals surface area contributed by atoms with Crippen LogP contribution in [0.3, 0.4) is 0 Å². The smallest absolute Gasteiger partial charge is 0.407 e. The predicted octanol–water partition coefficient (Wildman–Crippen LogP) is 3.31. The first kappa shape index (κ1) is 28.4. The van der Waals surface area contributed by atoms with Gasteiger partial charge in [0.15, 0.2) is 0 Å². The Morgan fingerprint density at radius 2 is 1.93 bits per heavy atom.